The molecule has 1 heterocycles. The van der Waals surface area contributed by atoms with Crippen LogP contribution in [-0.2, 0) is 19.1 Å². The van der Waals surface area contributed by atoms with Gasteiger partial charge in [-0.15, -0.1) is 0 Å². The van der Waals surface area contributed by atoms with E-state index in [4.69, 9.17) is 4.74 Å². The molecule has 35 heavy (non-hydrogen) atoms. The second-order valence-corrected chi connectivity index (χ2v) is 12.9. The molecule has 5 nitrogen and oxygen atoms in total. The first-order valence-electron chi connectivity index (χ1n) is 13.0. The Labute approximate surface area is 211 Å². The smallest absolute Gasteiger partial charge is 0.184 e. The standard InChI is InChI=1S/C30H44O5/c1-17(2)11-13-20-15-29-16-22(28(9,10)34)35-25(29)21(14-12-18(3)4)24(32)30(26(29)33,27(20,7)8)23(31)19(5)6/h11-12,19-20,22,34H,13-16H2,1-10H3/t20-,22-,29-,30-/m1/s1. The molecule has 1 N–H and O–H groups in total. The lowest BCUT2D eigenvalue weighted by Gasteiger charge is -2.59. The van der Waals surface area contributed by atoms with E-state index in [0.717, 1.165) is 11.1 Å². The molecular weight excluding hydrogens is 440 g/mol. The molecule has 194 valence electrons. The number of hydrogen-bond donors (Lipinski definition) is 1. The molecule has 2 fully saturated rings. The summed E-state index contributed by atoms with van der Waals surface area (Å²) in [6, 6.07) is 0. The van der Waals surface area contributed by atoms with Gasteiger partial charge in [-0.25, -0.2) is 0 Å². The van der Waals surface area contributed by atoms with Gasteiger partial charge in [0.2, 0.25) is 0 Å². The summed E-state index contributed by atoms with van der Waals surface area (Å²) in [7, 11) is 0. The molecule has 0 radical (unpaired) electrons. The highest BCUT2D eigenvalue weighted by molar-refractivity contribution is 6.33. The van der Waals surface area contributed by atoms with Gasteiger partial charge in [0.05, 0.1) is 11.0 Å². The number of aliphatic hydroxyl groups is 1. The molecule has 2 bridgehead atoms. The molecule has 0 amide bonds. The fraction of sp³-hybridized carbons (Fsp3) is 0.700. The average Bonchev–Trinajstić information content (AvgIpc) is 3.10. The van der Waals surface area contributed by atoms with Gasteiger partial charge in [-0.1, -0.05) is 51.0 Å². The SMILES string of the molecule is CC(C)=CCC1=C2O[C@@H](C(C)(C)O)C[C@]23C[C@@H](CC=C(C)C)C(C)(C)[C@](C(=O)C(C)C)(C1=O)C3=O. The third kappa shape index (κ3) is 3.98. The Bertz CT molecular complexity index is 1020. The molecule has 1 saturated carbocycles. The minimum absolute atomic E-state index is 0.0779. The van der Waals surface area contributed by atoms with Crippen molar-refractivity contribution in [3.8, 4) is 0 Å². The number of ketones is 3. The van der Waals surface area contributed by atoms with Crippen LogP contribution >= 0.6 is 0 Å². The first-order chi connectivity index (χ1) is 15.9. The molecule has 0 aromatic carbocycles. The van der Waals surface area contributed by atoms with Crippen LogP contribution in [0.3, 0.4) is 0 Å². The second kappa shape index (κ2) is 8.83. The van der Waals surface area contributed by atoms with Crippen LogP contribution in [0.5, 0.6) is 0 Å². The lowest BCUT2D eigenvalue weighted by Crippen LogP contribution is -2.69. The number of ether oxygens (including phenoxy) is 1. The summed E-state index contributed by atoms with van der Waals surface area (Å²) in [6.07, 6.45) is 5.24. The normalized spacial score (nSPS) is 31.8. The maximum atomic E-state index is 14.7. The number of fused-ring (bicyclic) bond motifs is 1. The van der Waals surface area contributed by atoms with Gasteiger partial charge in [-0.2, -0.15) is 0 Å². The van der Waals surface area contributed by atoms with Gasteiger partial charge in [-0.3, -0.25) is 14.4 Å². The van der Waals surface area contributed by atoms with Gasteiger partial charge in [-0.05, 0) is 72.1 Å². The highest BCUT2D eigenvalue weighted by Crippen LogP contribution is 2.68. The van der Waals surface area contributed by atoms with Crippen molar-refractivity contribution < 1.29 is 24.2 Å². The van der Waals surface area contributed by atoms with Crippen LogP contribution < -0.4 is 0 Å². The number of carbonyl (C=O) groups excluding carboxylic acids is 3. The van der Waals surface area contributed by atoms with Crippen molar-refractivity contribution >= 4 is 17.3 Å². The maximum Gasteiger partial charge on any atom is 0.184 e. The number of carbonyl (C=O) groups is 3. The van der Waals surface area contributed by atoms with Gasteiger partial charge in [0, 0.05) is 17.9 Å². The topological polar surface area (TPSA) is 80.7 Å². The largest absolute Gasteiger partial charge is 0.490 e. The number of allylic oxidation sites excluding steroid dienone is 6. The Morgan fingerprint density at radius 1 is 1.09 bits per heavy atom. The fourth-order valence-corrected chi connectivity index (χ4v) is 6.50. The van der Waals surface area contributed by atoms with Crippen LogP contribution in [0.1, 0.15) is 94.9 Å². The minimum Gasteiger partial charge on any atom is -0.490 e. The Morgan fingerprint density at radius 2 is 1.66 bits per heavy atom. The Hall–Kier alpha value is -2.01. The lowest BCUT2D eigenvalue weighted by molar-refractivity contribution is -0.176. The Balaban J connectivity index is 2.40. The molecule has 5 heteroatoms. The third-order valence-corrected chi connectivity index (χ3v) is 8.68. The molecule has 4 atom stereocenters. The van der Waals surface area contributed by atoms with Gasteiger partial charge in [0.25, 0.3) is 0 Å². The number of Topliss-reactive ketones (excluding diaryl/α,β-unsaturated/α-hetero) is 3. The van der Waals surface area contributed by atoms with Crippen molar-refractivity contribution in [3.05, 3.63) is 34.6 Å². The van der Waals surface area contributed by atoms with Crippen molar-refractivity contribution in [2.75, 3.05) is 0 Å². The number of hydrogen-bond acceptors (Lipinski definition) is 5. The molecule has 3 aliphatic rings. The summed E-state index contributed by atoms with van der Waals surface area (Å²) in [5.74, 6) is -1.14. The minimum atomic E-state index is -1.76. The summed E-state index contributed by atoms with van der Waals surface area (Å²) in [4.78, 5) is 43.3. The van der Waals surface area contributed by atoms with Crippen molar-refractivity contribution in [3.63, 3.8) is 0 Å². The van der Waals surface area contributed by atoms with Crippen LogP contribution in [-0.4, -0.2) is 34.2 Å². The van der Waals surface area contributed by atoms with E-state index in [0.29, 0.717) is 30.6 Å². The molecule has 1 aliphatic heterocycles. The van der Waals surface area contributed by atoms with E-state index in [-0.39, 0.29) is 23.9 Å². The highest BCUT2D eigenvalue weighted by Gasteiger charge is 2.77. The van der Waals surface area contributed by atoms with Gasteiger partial charge in [0.15, 0.2) is 22.8 Å². The molecule has 0 aromatic rings. The first kappa shape index (κ1) is 27.6. The number of rotatable bonds is 7. The predicted molar refractivity (Wildman–Crippen MR) is 138 cm³/mol. The van der Waals surface area contributed by atoms with Crippen molar-refractivity contribution in [1.82, 2.24) is 0 Å². The second-order valence-electron chi connectivity index (χ2n) is 12.9. The highest BCUT2D eigenvalue weighted by atomic mass is 16.5. The maximum absolute atomic E-state index is 14.7. The van der Waals surface area contributed by atoms with Crippen molar-refractivity contribution in [2.45, 2.75) is 107 Å². The quantitative estimate of drug-likeness (QED) is 0.359. The molecular formula is C30H44O5. The average molecular weight is 485 g/mol. The zero-order valence-electron chi connectivity index (χ0n) is 23.3. The van der Waals surface area contributed by atoms with E-state index in [1.165, 1.54) is 0 Å². The lowest BCUT2D eigenvalue weighted by atomic mass is 9.39. The van der Waals surface area contributed by atoms with E-state index < -0.39 is 39.7 Å². The summed E-state index contributed by atoms with van der Waals surface area (Å²) in [5, 5.41) is 10.9. The van der Waals surface area contributed by atoms with Crippen LogP contribution in [0, 0.1) is 28.1 Å². The van der Waals surface area contributed by atoms with Crippen LogP contribution in [0.15, 0.2) is 34.6 Å². The summed E-state index contributed by atoms with van der Waals surface area (Å²) >= 11 is 0. The zero-order chi connectivity index (χ0) is 26.7. The first-order valence-corrected chi connectivity index (χ1v) is 13.0. The molecule has 0 aromatic heterocycles. The van der Waals surface area contributed by atoms with Crippen LogP contribution in [0.4, 0.5) is 0 Å². The van der Waals surface area contributed by atoms with E-state index in [1.54, 1.807) is 27.7 Å². The van der Waals surface area contributed by atoms with Crippen molar-refractivity contribution in [2.24, 2.45) is 28.1 Å². The molecule has 2 aliphatic carbocycles. The van der Waals surface area contributed by atoms with E-state index in [9.17, 15) is 19.5 Å². The Morgan fingerprint density at radius 3 is 2.14 bits per heavy atom. The van der Waals surface area contributed by atoms with E-state index in [1.807, 2.05) is 47.6 Å². The third-order valence-electron chi connectivity index (χ3n) is 8.68. The van der Waals surface area contributed by atoms with Crippen LogP contribution in [0.2, 0.25) is 0 Å². The van der Waals surface area contributed by atoms with Crippen molar-refractivity contribution in [1.29, 1.82) is 0 Å². The van der Waals surface area contributed by atoms with Gasteiger partial charge < -0.3 is 9.84 Å². The molecule has 0 unspecified atom stereocenters. The summed E-state index contributed by atoms with van der Waals surface area (Å²) in [6.45, 7) is 18.8. The zero-order valence-corrected chi connectivity index (χ0v) is 23.3. The summed E-state index contributed by atoms with van der Waals surface area (Å²) in [5.41, 5.74) is -2.27. The summed E-state index contributed by atoms with van der Waals surface area (Å²) < 4.78 is 6.35. The van der Waals surface area contributed by atoms with E-state index >= 15 is 0 Å². The van der Waals surface area contributed by atoms with Gasteiger partial charge in [0.1, 0.15) is 11.9 Å². The van der Waals surface area contributed by atoms with Crippen LogP contribution in [0.25, 0.3) is 0 Å². The molecule has 3 rings (SSSR count). The monoisotopic (exact) mass is 484 g/mol. The molecule has 1 spiro atoms. The fourth-order valence-electron chi connectivity index (χ4n) is 6.50. The van der Waals surface area contributed by atoms with E-state index in [2.05, 4.69) is 6.08 Å². The van der Waals surface area contributed by atoms with Gasteiger partial charge >= 0.3 is 0 Å². The Kier molecular flexibility index (Phi) is 6.96. The molecule has 1 saturated heterocycles. The predicted octanol–water partition coefficient (Wildman–Crippen LogP) is 5.91.